The van der Waals surface area contributed by atoms with E-state index >= 15 is 0 Å². The molecule has 2 N–H and O–H groups in total. The van der Waals surface area contributed by atoms with E-state index in [1.807, 2.05) is 6.07 Å². The van der Waals surface area contributed by atoms with Crippen LogP contribution in [0.3, 0.4) is 0 Å². The molecule has 0 aliphatic carbocycles. The fourth-order valence-electron chi connectivity index (χ4n) is 2.18. The summed E-state index contributed by atoms with van der Waals surface area (Å²) in [5.74, 6) is -0.338. The summed E-state index contributed by atoms with van der Waals surface area (Å²) >= 11 is 3.10. The molecule has 0 fully saturated rings. The van der Waals surface area contributed by atoms with Crippen LogP contribution in [-0.2, 0) is 4.74 Å². The summed E-state index contributed by atoms with van der Waals surface area (Å²) in [5, 5.41) is 1.43. The zero-order valence-corrected chi connectivity index (χ0v) is 13.4. The number of hydrogen-bond donors (Lipinski definition) is 1. The van der Waals surface area contributed by atoms with Gasteiger partial charge in [0.1, 0.15) is 10.6 Å². The summed E-state index contributed by atoms with van der Waals surface area (Å²) in [5.41, 5.74) is 8.85. The largest absolute Gasteiger partial charge is 0.462 e. The highest BCUT2D eigenvalue weighted by molar-refractivity contribution is 7.41. The van der Waals surface area contributed by atoms with Crippen LogP contribution in [0.5, 0.6) is 0 Å². The lowest BCUT2D eigenvalue weighted by atomic mass is 10.1. The highest BCUT2D eigenvalue weighted by atomic mass is 32.2. The number of nitrogen functional groups attached to an aromatic ring is 1. The molecule has 5 heteroatoms. The van der Waals surface area contributed by atoms with Crippen molar-refractivity contribution in [2.24, 2.45) is 0 Å². The van der Waals surface area contributed by atoms with E-state index in [2.05, 4.69) is 31.2 Å². The highest BCUT2D eigenvalue weighted by Crippen LogP contribution is 2.43. The number of ether oxygens (including phenoxy) is 1. The van der Waals surface area contributed by atoms with Gasteiger partial charge < -0.3 is 10.5 Å². The Labute approximate surface area is 131 Å². The van der Waals surface area contributed by atoms with E-state index in [1.165, 1.54) is 16.9 Å². The first-order chi connectivity index (χ1) is 10.1. The maximum absolute atomic E-state index is 12.0. The Kier molecular flexibility index (Phi) is 3.69. The standard InChI is InChI=1S/C16H15NO2S2/c1-3-19-15(18)13-11-8-12(20-16(11)21-14(13)17)10-6-4-9(2)5-7-10/h4-8H,3,17H2,1-2H3. The number of anilines is 1. The molecule has 2 aromatic heterocycles. The number of esters is 1. The molecule has 108 valence electrons. The Morgan fingerprint density at radius 3 is 2.62 bits per heavy atom. The molecular formula is C16H15NO2S2. The minimum Gasteiger partial charge on any atom is -0.462 e. The molecule has 0 atom stereocenters. The maximum Gasteiger partial charge on any atom is 0.341 e. The maximum atomic E-state index is 12.0. The molecule has 0 radical (unpaired) electrons. The third-order valence-corrected chi connectivity index (χ3v) is 5.54. The lowest BCUT2D eigenvalue weighted by Gasteiger charge is -2.01. The van der Waals surface area contributed by atoms with Crippen LogP contribution in [0.25, 0.3) is 19.8 Å². The number of carbonyl (C=O) groups is 1. The van der Waals surface area contributed by atoms with Crippen molar-refractivity contribution in [2.75, 3.05) is 12.3 Å². The summed E-state index contributed by atoms with van der Waals surface area (Å²) < 4.78 is 6.16. The summed E-state index contributed by atoms with van der Waals surface area (Å²) in [7, 11) is 0. The van der Waals surface area contributed by atoms with Crippen LogP contribution < -0.4 is 5.73 Å². The van der Waals surface area contributed by atoms with Gasteiger partial charge in [-0.3, -0.25) is 0 Å². The van der Waals surface area contributed by atoms with Gasteiger partial charge in [-0.25, -0.2) is 4.79 Å². The molecule has 0 saturated carbocycles. The van der Waals surface area contributed by atoms with E-state index in [4.69, 9.17) is 10.5 Å². The quantitative estimate of drug-likeness (QED) is 0.713. The van der Waals surface area contributed by atoms with Crippen molar-refractivity contribution in [2.45, 2.75) is 13.8 Å². The van der Waals surface area contributed by atoms with Crippen LogP contribution in [0, 0.1) is 6.92 Å². The minimum absolute atomic E-state index is 0.338. The van der Waals surface area contributed by atoms with E-state index in [0.717, 1.165) is 19.8 Å². The van der Waals surface area contributed by atoms with Crippen molar-refractivity contribution < 1.29 is 9.53 Å². The van der Waals surface area contributed by atoms with E-state index in [-0.39, 0.29) is 5.97 Å². The summed E-state index contributed by atoms with van der Waals surface area (Å²) in [6.45, 7) is 4.21. The fourth-order valence-corrected chi connectivity index (χ4v) is 4.55. The van der Waals surface area contributed by atoms with Crippen LogP contribution in [0.4, 0.5) is 5.00 Å². The van der Waals surface area contributed by atoms with Gasteiger partial charge in [0.2, 0.25) is 0 Å². The minimum atomic E-state index is -0.338. The molecular weight excluding hydrogens is 302 g/mol. The molecule has 3 nitrogen and oxygen atoms in total. The Balaban J connectivity index is 2.08. The van der Waals surface area contributed by atoms with Crippen molar-refractivity contribution in [3.63, 3.8) is 0 Å². The molecule has 0 unspecified atom stereocenters. The molecule has 3 rings (SSSR count). The molecule has 0 aliphatic rings. The average Bonchev–Trinajstić information content (AvgIpc) is 2.96. The van der Waals surface area contributed by atoms with E-state index in [1.54, 1.807) is 18.3 Å². The normalized spacial score (nSPS) is 11.0. The number of hydrogen-bond acceptors (Lipinski definition) is 5. The van der Waals surface area contributed by atoms with Crippen molar-refractivity contribution in [3.8, 4) is 10.4 Å². The Bertz CT molecular complexity index is 800. The van der Waals surface area contributed by atoms with Gasteiger partial charge in [-0.2, -0.15) is 0 Å². The smallest absolute Gasteiger partial charge is 0.341 e. The molecule has 2 heterocycles. The van der Waals surface area contributed by atoms with Crippen molar-refractivity contribution in [1.29, 1.82) is 0 Å². The number of carbonyl (C=O) groups excluding carboxylic acids is 1. The molecule has 0 saturated heterocycles. The third kappa shape index (κ3) is 2.54. The number of nitrogens with two attached hydrogens (primary N) is 1. The molecule has 3 aromatic rings. The number of fused-ring (bicyclic) bond motifs is 1. The van der Waals surface area contributed by atoms with Crippen molar-refractivity contribution in [3.05, 3.63) is 41.5 Å². The van der Waals surface area contributed by atoms with Gasteiger partial charge in [0, 0.05) is 10.3 Å². The topological polar surface area (TPSA) is 52.3 Å². The average molecular weight is 317 g/mol. The fraction of sp³-hybridized carbons (Fsp3) is 0.188. The Hall–Kier alpha value is -1.85. The Morgan fingerprint density at radius 1 is 1.24 bits per heavy atom. The summed E-state index contributed by atoms with van der Waals surface area (Å²) in [6.07, 6.45) is 0. The van der Waals surface area contributed by atoms with Gasteiger partial charge in [-0.1, -0.05) is 29.8 Å². The second kappa shape index (κ2) is 5.50. The summed E-state index contributed by atoms with van der Waals surface area (Å²) in [6, 6.07) is 10.4. The van der Waals surface area contributed by atoms with Gasteiger partial charge in [-0.15, -0.1) is 22.7 Å². The van der Waals surface area contributed by atoms with E-state index in [0.29, 0.717) is 17.2 Å². The lowest BCUT2D eigenvalue weighted by Crippen LogP contribution is -2.05. The third-order valence-electron chi connectivity index (χ3n) is 3.23. The highest BCUT2D eigenvalue weighted by Gasteiger charge is 2.20. The number of rotatable bonds is 3. The molecule has 0 aliphatic heterocycles. The molecule has 0 amide bonds. The zero-order valence-electron chi connectivity index (χ0n) is 11.8. The predicted octanol–water partition coefficient (Wildman–Crippen LogP) is 4.70. The van der Waals surface area contributed by atoms with Gasteiger partial charge in [0.25, 0.3) is 0 Å². The molecule has 21 heavy (non-hydrogen) atoms. The molecule has 1 aromatic carbocycles. The number of benzene rings is 1. The zero-order chi connectivity index (χ0) is 15.0. The van der Waals surface area contributed by atoms with Gasteiger partial charge in [-0.05, 0) is 25.5 Å². The van der Waals surface area contributed by atoms with Crippen LogP contribution in [0.1, 0.15) is 22.8 Å². The van der Waals surface area contributed by atoms with Gasteiger partial charge in [0.15, 0.2) is 0 Å². The first kappa shape index (κ1) is 14.1. The van der Waals surface area contributed by atoms with Crippen LogP contribution in [0.2, 0.25) is 0 Å². The van der Waals surface area contributed by atoms with E-state index < -0.39 is 0 Å². The van der Waals surface area contributed by atoms with Crippen LogP contribution in [-0.4, -0.2) is 12.6 Å². The Morgan fingerprint density at radius 2 is 1.95 bits per heavy atom. The predicted molar refractivity (Wildman–Crippen MR) is 90.2 cm³/mol. The number of aryl methyl sites for hydroxylation is 1. The first-order valence-electron chi connectivity index (χ1n) is 6.66. The van der Waals surface area contributed by atoms with Gasteiger partial charge >= 0.3 is 5.97 Å². The van der Waals surface area contributed by atoms with Crippen LogP contribution >= 0.6 is 22.7 Å². The summed E-state index contributed by atoms with van der Waals surface area (Å²) in [4.78, 5) is 13.2. The second-order valence-electron chi connectivity index (χ2n) is 4.74. The number of thiophene rings is 2. The first-order valence-corrected chi connectivity index (χ1v) is 8.29. The second-order valence-corrected chi connectivity index (χ2v) is 7.10. The SMILES string of the molecule is CCOC(=O)c1c(N)sc2sc(-c3ccc(C)cc3)cc12. The van der Waals surface area contributed by atoms with Gasteiger partial charge in [0.05, 0.1) is 10.6 Å². The van der Waals surface area contributed by atoms with Crippen LogP contribution in [0.15, 0.2) is 30.3 Å². The van der Waals surface area contributed by atoms with Crippen molar-refractivity contribution >= 4 is 43.0 Å². The van der Waals surface area contributed by atoms with Crippen molar-refractivity contribution in [1.82, 2.24) is 0 Å². The molecule has 0 spiro atoms. The monoisotopic (exact) mass is 317 g/mol. The molecule has 0 bridgehead atoms. The lowest BCUT2D eigenvalue weighted by molar-refractivity contribution is 0.0530. The van der Waals surface area contributed by atoms with E-state index in [9.17, 15) is 4.79 Å².